The second kappa shape index (κ2) is 13.9. The highest BCUT2D eigenvalue weighted by Gasteiger charge is 2.27. The number of nitrogens with zero attached hydrogens (tertiary/aromatic N) is 4. The van der Waals surface area contributed by atoms with Gasteiger partial charge < -0.3 is 20.1 Å². The molecule has 2 aromatic rings. The summed E-state index contributed by atoms with van der Waals surface area (Å²) in [7, 11) is 0. The number of aryl methyl sites for hydroxylation is 1. The molecule has 2 aliphatic rings. The van der Waals surface area contributed by atoms with E-state index >= 15 is 0 Å². The Balaban J connectivity index is 0.000000277. The first-order valence-electron chi connectivity index (χ1n) is 13.5. The topological polar surface area (TPSA) is 94.2 Å². The van der Waals surface area contributed by atoms with Gasteiger partial charge in [-0.1, -0.05) is 27.2 Å². The summed E-state index contributed by atoms with van der Waals surface area (Å²) < 4.78 is 0. The minimum atomic E-state index is 0. The Kier molecular flexibility index (Phi) is 10.9. The van der Waals surface area contributed by atoms with Crippen molar-refractivity contribution in [3.8, 4) is 0 Å². The quantitative estimate of drug-likeness (QED) is 0.494. The Morgan fingerprint density at radius 2 is 2.14 bits per heavy atom. The molecule has 0 aromatic carbocycles. The van der Waals surface area contributed by atoms with Crippen LogP contribution in [0.25, 0.3) is 0 Å². The average Bonchev–Trinajstić information content (AvgIpc) is 3.61. The normalized spacial score (nSPS) is 19.2. The molecule has 1 saturated heterocycles. The molecule has 2 aliphatic heterocycles. The van der Waals surface area contributed by atoms with Gasteiger partial charge in [-0.05, 0) is 45.1 Å². The van der Waals surface area contributed by atoms with Gasteiger partial charge in [-0.25, -0.2) is 9.97 Å². The van der Waals surface area contributed by atoms with Crippen LogP contribution in [0.2, 0.25) is 0 Å². The summed E-state index contributed by atoms with van der Waals surface area (Å²) in [4.78, 5) is 39.4. The van der Waals surface area contributed by atoms with Crippen molar-refractivity contribution in [2.24, 2.45) is 5.92 Å². The smallest absolute Gasteiger partial charge is 0.222 e. The number of likely N-dealkylation sites (tertiary alicyclic amines) is 1. The van der Waals surface area contributed by atoms with Crippen LogP contribution in [0.1, 0.15) is 95.9 Å². The van der Waals surface area contributed by atoms with Crippen LogP contribution >= 0.6 is 11.3 Å². The summed E-state index contributed by atoms with van der Waals surface area (Å²) in [6.07, 6.45) is 9.43. The number of hydrogen-bond acceptors (Lipinski definition) is 6. The first-order chi connectivity index (χ1) is 17.3. The lowest BCUT2D eigenvalue weighted by atomic mass is 9.97. The zero-order valence-corrected chi connectivity index (χ0v) is 23.5. The van der Waals surface area contributed by atoms with Crippen molar-refractivity contribution in [2.75, 3.05) is 19.6 Å². The predicted octanol–water partition coefficient (Wildman–Crippen LogP) is 4.87. The van der Waals surface area contributed by atoms with E-state index in [-0.39, 0.29) is 19.3 Å². The fourth-order valence-electron chi connectivity index (χ4n) is 5.17. The van der Waals surface area contributed by atoms with Gasteiger partial charge in [-0.15, -0.1) is 11.3 Å². The molecule has 0 spiro atoms. The summed E-state index contributed by atoms with van der Waals surface area (Å²) >= 11 is 1.63. The van der Waals surface area contributed by atoms with E-state index in [0.29, 0.717) is 13.0 Å². The van der Waals surface area contributed by atoms with Gasteiger partial charge in [-0.2, -0.15) is 0 Å². The van der Waals surface area contributed by atoms with E-state index in [9.17, 15) is 9.59 Å². The van der Waals surface area contributed by atoms with Gasteiger partial charge in [0.15, 0.2) is 0 Å². The molecule has 8 nitrogen and oxygen atoms in total. The van der Waals surface area contributed by atoms with Crippen molar-refractivity contribution in [3.05, 3.63) is 33.8 Å². The maximum atomic E-state index is 11.5. The minimum absolute atomic E-state index is 0. The summed E-state index contributed by atoms with van der Waals surface area (Å²) in [5.74, 6) is 2.00. The maximum Gasteiger partial charge on any atom is 0.222 e. The first kappa shape index (κ1) is 28.3. The highest BCUT2D eigenvalue weighted by Crippen LogP contribution is 2.27. The molecule has 1 fully saturated rings. The van der Waals surface area contributed by atoms with Crippen molar-refractivity contribution in [2.45, 2.75) is 98.2 Å². The number of rotatable bonds is 9. The molecule has 2 unspecified atom stereocenters. The number of carbonyl (C=O) groups excluding carboxylic acids is 2. The monoisotopic (exact) mass is 518 g/mol. The van der Waals surface area contributed by atoms with Gasteiger partial charge in [0, 0.05) is 51.9 Å². The molecule has 4 heterocycles. The standard InChI is InChI=1S/C17H29N3OS.C10H15N3O.H2/c1-4-13(2)12-15-6-5-9-20(15)10-7-16(19-14(3)21)17-18-8-11-22-17;1-3-10(14)13-5-4-8-9(6-13)12-7(2)11-8;/h8,11,13,15-16H,4-7,9-10,12H2,1-3H3,(H,19,21);3-6H2,1-2H3,(H,11,12);1H/t13?,15?,16-;;/m0../s1. The fourth-order valence-corrected chi connectivity index (χ4v) is 5.89. The number of hydrogen-bond donors (Lipinski definition) is 2. The lowest BCUT2D eigenvalue weighted by Gasteiger charge is -2.28. The summed E-state index contributed by atoms with van der Waals surface area (Å²) in [5.41, 5.74) is 2.23. The van der Waals surface area contributed by atoms with Gasteiger partial charge in [0.25, 0.3) is 0 Å². The summed E-state index contributed by atoms with van der Waals surface area (Å²) in [6, 6.07) is 0.784. The van der Waals surface area contributed by atoms with Crippen molar-refractivity contribution in [3.63, 3.8) is 0 Å². The summed E-state index contributed by atoms with van der Waals surface area (Å²) in [5, 5.41) is 6.05. The average molecular weight is 519 g/mol. The Hall–Kier alpha value is -2.26. The number of aromatic amines is 1. The molecular formula is C27H46N6O2S. The predicted molar refractivity (Wildman–Crippen MR) is 147 cm³/mol. The fraction of sp³-hybridized carbons (Fsp3) is 0.704. The van der Waals surface area contributed by atoms with Crippen LogP contribution in [-0.4, -0.2) is 62.2 Å². The number of amides is 2. The van der Waals surface area contributed by atoms with Crippen molar-refractivity contribution < 1.29 is 11.0 Å². The lowest BCUT2D eigenvalue weighted by molar-refractivity contribution is -0.131. The zero-order valence-electron chi connectivity index (χ0n) is 22.7. The maximum absolute atomic E-state index is 11.5. The number of nitrogens with one attached hydrogen (secondary N) is 2. The highest BCUT2D eigenvalue weighted by molar-refractivity contribution is 7.09. The number of carbonyl (C=O) groups is 2. The minimum Gasteiger partial charge on any atom is -0.347 e. The van der Waals surface area contributed by atoms with Gasteiger partial charge in [0.2, 0.25) is 11.8 Å². The molecule has 2 aromatic heterocycles. The molecular weight excluding hydrogens is 472 g/mol. The third-order valence-electron chi connectivity index (χ3n) is 7.31. The molecule has 0 aliphatic carbocycles. The Labute approximate surface area is 221 Å². The molecule has 3 atom stereocenters. The van der Waals surface area contributed by atoms with E-state index in [4.69, 9.17) is 0 Å². The van der Waals surface area contributed by atoms with Gasteiger partial charge in [0.05, 0.1) is 24.0 Å². The molecule has 0 saturated carbocycles. The Morgan fingerprint density at radius 3 is 2.81 bits per heavy atom. The number of aromatic nitrogens is 3. The molecule has 2 amide bonds. The van der Waals surface area contributed by atoms with E-state index in [0.717, 1.165) is 60.1 Å². The number of thiazole rings is 1. The largest absolute Gasteiger partial charge is 0.347 e. The Bertz CT molecular complexity index is 966. The van der Waals surface area contributed by atoms with Gasteiger partial charge in [-0.3, -0.25) is 9.59 Å². The van der Waals surface area contributed by atoms with Crippen LogP contribution in [0.15, 0.2) is 11.6 Å². The number of H-pyrrole nitrogens is 1. The molecule has 2 N–H and O–H groups in total. The van der Waals surface area contributed by atoms with Crippen LogP contribution < -0.4 is 5.32 Å². The molecule has 4 rings (SSSR count). The number of fused-ring (bicyclic) bond motifs is 1. The third kappa shape index (κ3) is 8.13. The van der Waals surface area contributed by atoms with Crippen LogP contribution in [0.5, 0.6) is 0 Å². The lowest BCUT2D eigenvalue weighted by Crippen LogP contribution is -2.35. The van der Waals surface area contributed by atoms with Crippen molar-refractivity contribution in [1.82, 2.24) is 30.1 Å². The second-order valence-electron chi connectivity index (χ2n) is 10.2. The van der Waals surface area contributed by atoms with Crippen molar-refractivity contribution in [1.29, 1.82) is 0 Å². The highest BCUT2D eigenvalue weighted by atomic mass is 32.1. The van der Waals surface area contributed by atoms with Gasteiger partial charge >= 0.3 is 0 Å². The Morgan fingerprint density at radius 1 is 1.33 bits per heavy atom. The van der Waals surface area contributed by atoms with E-state index in [1.807, 2.05) is 30.3 Å². The van der Waals surface area contributed by atoms with E-state index < -0.39 is 0 Å². The molecule has 36 heavy (non-hydrogen) atoms. The van der Waals surface area contributed by atoms with Crippen LogP contribution in [0.3, 0.4) is 0 Å². The van der Waals surface area contributed by atoms with Crippen molar-refractivity contribution >= 4 is 23.2 Å². The SMILES string of the molecule is CCC(=O)N1CCc2nc(C)[nH]c2C1.CCC(C)CC1CCCN1CC[C@H](NC(C)=O)c1nccs1.[HH]. The zero-order chi connectivity index (χ0) is 26.1. The van der Waals surface area contributed by atoms with Gasteiger partial charge in [0.1, 0.15) is 10.8 Å². The van der Waals surface area contributed by atoms with Crippen LogP contribution in [-0.2, 0) is 22.6 Å². The molecule has 0 bridgehead atoms. The van der Waals surface area contributed by atoms with Crippen LogP contribution in [0.4, 0.5) is 0 Å². The first-order valence-corrected chi connectivity index (χ1v) is 14.4. The second-order valence-corrected chi connectivity index (χ2v) is 11.1. The molecule has 202 valence electrons. The third-order valence-corrected chi connectivity index (χ3v) is 8.20. The summed E-state index contributed by atoms with van der Waals surface area (Å²) in [6.45, 7) is 13.8. The van der Waals surface area contributed by atoms with E-state index in [1.165, 1.54) is 32.2 Å². The van der Waals surface area contributed by atoms with E-state index in [1.54, 1.807) is 18.3 Å². The molecule has 9 heteroatoms. The number of imidazole rings is 1. The van der Waals surface area contributed by atoms with E-state index in [2.05, 4.69) is 39.0 Å². The molecule has 0 radical (unpaired) electrons. The van der Waals surface area contributed by atoms with Crippen LogP contribution in [0, 0.1) is 12.8 Å².